The molecule has 1 aliphatic heterocycles. The van der Waals surface area contributed by atoms with Crippen molar-refractivity contribution in [2.75, 3.05) is 21.3 Å². The first-order valence-corrected chi connectivity index (χ1v) is 7.41. The van der Waals surface area contributed by atoms with Gasteiger partial charge in [-0.3, -0.25) is 4.79 Å². The molecule has 0 bridgehead atoms. The van der Waals surface area contributed by atoms with Crippen LogP contribution < -0.4 is 19.5 Å². The summed E-state index contributed by atoms with van der Waals surface area (Å²) >= 11 is 0. The maximum Gasteiger partial charge on any atom is 0.346 e. The zero-order valence-corrected chi connectivity index (χ0v) is 14.4. The lowest BCUT2D eigenvalue weighted by Crippen LogP contribution is -2.42. The highest BCUT2D eigenvalue weighted by atomic mass is 16.5. The summed E-state index contributed by atoms with van der Waals surface area (Å²) in [5, 5.41) is 7.46. The van der Waals surface area contributed by atoms with Gasteiger partial charge >= 0.3 is 6.03 Å². The van der Waals surface area contributed by atoms with Crippen LogP contribution in [0, 0.1) is 0 Å². The number of amides is 3. The highest BCUT2D eigenvalue weighted by Gasteiger charge is 2.46. The maximum absolute atomic E-state index is 12.3. The van der Waals surface area contributed by atoms with E-state index >= 15 is 0 Å². The number of urea groups is 1. The van der Waals surface area contributed by atoms with Gasteiger partial charge in [0.1, 0.15) is 5.54 Å². The van der Waals surface area contributed by atoms with Crippen LogP contribution >= 0.6 is 0 Å². The molecule has 0 spiro atoms. The van der Waals surface area contributed by atoms with E-state index in [2.05, 4.69) is 10.4 Å². The second-order valence-corrected chi connectivity index (χ2v) is 5.40. The molecule has 1 heterocycles. The Balaban J connectivity index is 2.36. The van der Waals surface area contributed by atoms with Crippen LogP contribution in [0.15, 0.2) is 17.2 Å². The van der Waals surface area contributed by atoms with Gasteiger partial charge in [-0.2, -0.15) is 5.10 Å². The van der Waals surface area contributed by atoms with Gasteiger partial charge in [0.15, 0.2) is 11.5 Å². The van der Waals surface area contributed by atoms with Crippen molar-refractivity contribution in [1.82, 2.24) is 10.3 Å². The summed E-state index contributed by atoms with van der Waals surface area (Å²) in [6.07, 6.45) is 1.85. The smallest absolute Gasteiger partial charge is 0.346 e. The van der Waals surface area contributed by atoms with Crippen LogP contribution in [0.2, 0.25) is 0 Å². The molecule has 1 aromatic rings. The van der Waals surface area contributed by atoms with Crippen LogP contribution in [0.3, 0.4) is 0 Å². The first-order valence-electron chi connectivity index (χ1n) is 7.41. The number of nitrogens with one attached hydrogen (secondary N) is 1. The molecule has 2 rings (SSSR count). The molecule has 1 atom stereocenters. The first-order chi connectivity index (χ1) is 11.4. The molecule has 1 fully saturated rings. The van der Waals surface area contributed by atoms with E-state index in [-0.39, 0.29) is 0 Å². The zero-order chi connectivity index (χ0) is 17.9. The monoisotopic (exact) mass is 335 g/mol. The maximum atomic E-state index is 12.3. The van der Waals surface area contributed by atoms with E-state index in [1.807, 2.05) is 6.92 Å². The number of rotatable bonds is 6. The summed E-state index contributed by atoms with van der Waals surface area (Å²) in [6, 6.07) is 2.83. The van der Waals surface area contributed by atoms with Crippen molar-refractivity contribution < 1.29 is 23.8 Å². The summed E-state index contributed by atoms with van der Waals surface area (Å²) in [5.74, 6) is 0.899. The van der Waals surface area contributed by atoms with Crippen molar-refractivity contribution in [2.45, 2.75) is 25.8 Å². The van der Waals surface area contributed by atoms with Crippen molar-refractivity contribution in [3.05, 3.63) is 17.7 Å². The Morgan fingerprint density at radius 2 is 1.83 bits per heavy atom. The van der Waals surface area contributed by atoms with E-state index in [9.17, 15) is 9.59 Å². The minimum absolute atomic E-state index is 0.394. The fraction of sp³-hybridized carbons (Fsp3) is 0.438. The number of carbonyl (C=O) groups excluding carboxylic acids is 2. The minimum atomic E-state index is -0.934. The van der Waals surface area contributed by atoms with E-state index in [4.69, 9.17) is 14.2 Å². The minimum Gasteiger partial charge on any atom is -0.493 e. The summed E-state index contributed by atoms with van der Waals surface area (Å²) in [4.78, 5) is 24.3. The van der Waals surface area contributed by atoms with E-state index < -0.39 is 17.5 Å². The fourth-order valence-corrected chi connectivity index (χ4v) is 2.36. The predicted octanol–water partition coefficient (Wildman–Crippen LogP) is 1.77. The standard InChI is InChI=1S/C16H21N3O5/c1-6-16(2)14(20)19(15(21)18-16)17-9-10-7-8-11(22-3)13(24-5)12(10)23-4/h7-9H,6H2,1-5H3,(H,18,21)/b17-9-/t16-/m0/s1. The molecule has 3 amide bonds. The molecule has 8 nitrogen and oxygen atoms in total. The summed E-state index contributed by atoms with van der Waals surface area (Å²) in [5.41, 5.74) is -0.392. The third-order valence-corrected chi connectivity index (χ3v) is 3.99. The van der Waals surface area contributed by atoms with Crippen LogP contribution in [0.4, 0.5) is 4.79 Å². The highest BCUT2D eigenvalue weighted by molar-refractivity contribution is 6.07. The van der Waals surface area contributed by atoms with Gasteiger partial charge < -0.3 is 19.5 Å². The number of carbonyl (C=O) groups is 2. The van der Waals surface area contributed by atoms with Crippen LogP contribution in [0.5, 0.6) is 17.2 Å². The molecule has 0 saturated carbocycles. The van der Waals surface area contributed by atoms with Crippen molar-refractivity contribution >= 4 is 18.2 Å². The average Bonchev–Trinajstić information content (AvgIpc) is 2.81. The third-order valence-electron chi connectivity index (χ3n) is 3.99. The number of nitrogens with zero attached hydrogens (tertiary/aromatic N) is 2. The van der Waals surface area contributed by atoms with Gasteiger partial charge in [-0.1, -0.05) is 6.92 Å². The van der Waals surface area contributed by atoms with Gasteiger partial charge in [-0.15, -0.1) is 5.01 Å². The molecule has 0 aromatic heterocycles. The fourth-order valence-electron chi connectivity index (χ4n) is 2.36. The van der Waals surface area contributed by atoms with Crippen molar-refractivity contribution in [2.24, 2.45) is 5.10 Å². The Kier molecular flexibility index (Phi) is 4.96. The Labute approximate surface area is 140 Å². The molecule has 0 unspecified atom stereocenters. The molecule has 8 heteroatoms. The lowest BCUT2D eigenvalue weighted by atomic mass is 10.00. The molecule has 1 N–H and O–H groups in total. The average molecular weight is 335 g/mol. The summed E-state index contributed by atoms with van der Waals surface area (Å²) in [6.45, 7) is 3.49. The second-order valence-electron chi connectivity index (χ2n) is 5.40. The van der Waals surface area contributed by atoms with Crippen LogP contribution in [-0.4, -0.2) is 50.0 Å². The lowest BCUT2D eigenvalue weighted by Gasteiger charge is -2.17. The largest absolute Gasteiger partial charge is 0.493 e. The van der Waals surface area contributed by atoms with Gasteiger partial charge in [-0.25, -0.2) is 4.79 Å². The van der Waals surface area contributed by atoms with Gasteiger partial charge in [-0.05, 0) is 25.5 Å². The Hall–Kier alpha value is -2.77. The number of benzene rings is 1. The molecule has 130 valence electrons. The molecular weight excluding hydrogens is 314 g/mol. The summed E-state index contributed by atoms with van der Waals surface area (Å²) in [7, 11) is 4.49. The summed E-state index contributed by atoms with van der Waals surface area (Å²) < 4.78 is 15.8. The van der Waals surface area contributed by atoms with E-state index in [0.717, 1.165) is 5.01 Å². The van der Waals surface area contributed by atoms with Gasteiger partial charge in [0.25, 0.3) is 5.91 Å². The lowest BCUT2D eigenvalue weighted by molar-refractivity contribution is -0.130. The van der Waals surface area contributed by atoms with Gasteiger partial charge in [0.2, 0.25) is 5.75 Å². The molecule has 1 saturated heterocycles. The van der Waals surface area contributed by atoms with E-state index in [1.165, 1.54) is 27.5 Å². The third kappa shape index (κ3) is 2.86. The van der Waals surface area contributed by atoms with Crippen LogP contribution in [0.25, 0.3) is 0 Å². The number of imide groups is 1. The number of methoxy groups -OCH3 is 3. The van der Waals surface area contributed by atoms with E-state index in [1.54, 1.807) is 19.1 Å². The Morgan fingerprint density at radius 1 is 1.17 bits per heavy atom. The quantitative estimate of drug-likeness (QED) is 0.632. The van der Waals surface area contributed by atoms with Crippen molar-refractivity contribution in [3.63, 3.8) is 0 Å². The number of ether oxygens (including phenoxy) is 3. The zero-order valence-electron chi connectivity index (χ0n) is 14.4. The Morgan fingerprint density at radius 3 is 2.33 bits per heavy atom. The van der Waals surface area contributed by atoms with Crippen molar-refractivity contribution in [3.8, 4) is 17.2 Å². The molecule has 1 aliphatic rings. The van der Waals surface area contributed by atoms with Crippen molar-refractivity contribution in [1.29, 1.82) is 0 Å². The number of hydrogen-bond acceptors (Lipinski definition) is 6. The highest BCUT2D eigenvalue weighted by Crippen LogP contribution is 2.39. The molecule has 0 aliphatic carbocycles. The Bertz CT molecular complexity index is 689. The molecular formula is C16H21N3O5. The predicted molar refractivity (Wildman–Crippen MR) is 87.8 cm³/mol. The topological polar surface area (TPSA) is 89.5 Å². The molecule has 0 radical (unpaired) electrons. The second kappa shape index (κ2) is 6.77. The van der Waals surface area contributed by atoms with Crippen LogP contribution in [-0.2, 0) is 4.79 Å². The van der Waals surface area contributed by atoms with Gasteiger partial charge in [0.05, 0.1) is 27.5 Å². The SMILES string of the molecule is CC[C@]1(C)NC(=O)N(/N=C\c2ccc(OC)c(OC)c2OC)C1=O. The molecule has 24 heavy (non-hydrogen) atoms. The van der Waals surface area contributed by atoms with Crippen LogP contribution in [0.1, 0.15) is 25.8 Å². The normalized spacial score (nSPS) is 20.5. The number of hydrazone groups is 1. The molecule has 1 aromatic carbocycles. The number of hydrogen-bond donors (Lipinski definition) is 1. The van der Waals surface area contributed by atoms with Gasteiger partial charge in [0, 0.05) is 5.56 Å². The van der Waals surface area contributed by atoms with E-state index in [0.29, 0.717) is 29.2 Å². The first kappa shape index (κ1) is 17.6.